The zero-order valence-electron chi connectivity index (χ0n) is 24.0. The molecule has 0 aromatic carbocycles. The van der Waals surface area contributed by atoms with Crippen molar-refractivity contribution in [3.8, 4) is 0 Å². The van der Waals surface area contributed by atoms with Gasteiger partial charge >= 0.3 is 5.97 Å². The molecule has 3 saturated carbocycles. The number of ketones is 1. The van der Waals surface area contributed by atoms with E-state index in [0.29, 0.717) is 23.5 Å². The molecule has 4 rings (SSSR count). The van der Waals surface area contributed by atoms with Crippen LogP contribution in [0, 0.1) is 40.4 Å². The lowest BCUT2D eigenvalue weighted by atomic mass is 9.46. The van der Waals surface area contributed by atoms with Crippen LogP contribution in [-0.4, -0.2) is 53.6 Å². The number of rotatable bonds is 9. The topological polar surface area (TPSA) is 134 Å². The van der Waals surface area contributed by atoms with E-state index < -0.39 is 23.8 Å². The number of hydrogen-bond acceptors (Lipinski definition) is 6. The lowest BCUT2D eigenvalue weighted by molar-refractivity contribution is -0.143. The van der Waals surface area contributed by atoms with Gasteiger partial charge in [-0.3, -0.25) is 14.4 Å². The zero-order chi connectivity index (χ0) is 28.5. The molecule has 7 atom stereocenters. The third-order valence-electron chi connectivity index (χ3n) is 10.5. The smallest absolute Gasteiger partial charge is 0.326 e. The lowest BCUT2D eigenvalue weighted by Gasteiger charge is -2.58. The molecule has 0 aliphatic heterocycles. The van der Waals surface area contributed by atoms with E-state index in [2.05, 4.69) is 35.7 Å². The van der Waals surface area contributed by atoms with E-state index in [1.165, 1.54) is 18.4 Å². The third kappa shape index (κ3) is 5.78. The normalized spacial score (nSPS) is 35.2. The number of aliphatic carboxylic acids is 1. The third-order valence-corrected chi connectivity index (χ3v) is 10.5. The van der Waals surface area contributed by atoms with Crippen LogP contribution in [0.15, 0.2) is 16.8 Å². The van der Waals surface area contributed by atoms with Crippen LogP contribution in [0.3, 0.4) is 0 Å². The monoisotopic (exact) mass is 543 g/mol. The highest BCUT2D eigenvalue weighted by atomic mass is 16.6. The standard InChI is InChI=1S/C30H45N3O6/c1-17(2)27(28(37)38)32-25(35)15-31-26(36)16-39-33-20-10-12-29(4)19(14-20)6-7-21-23-9-8-22(18(3)34)30(23,5)13-11-24(21)29/h14,17,21-24,27H,6-13,15-16H2,1-5H3,(H,31,36)(H,32,35)(H,37,38)/b33-20-/t21-,22+,23-,24-,27-,29-,30+/m0/s1. The molecule has 3 N–H and O–H groups in total. The van der Waals surface area contributed by atoms with E-state index in [1.54, 1.807) is 20.8 Å². The second kappa shape index (κ2) is 11.4. The molecular formula is C30H45N3O6. The first-order valence-corrected chi connectivity index (χ1v) is 14.6. The van der Waals surface area contributed by atoms with Gasteiger partial charge in [0, 0.05) is 5.92 Å². The number of nitrogens with zero attached hydrogens (tertiary/aromatic N) is 1. The highest BCUT2D eigenvalue weighted by molar-refractivity contribution is 5.96. The van der Waals surface area contributed by atoms with Gasteiger partial charge in [0.1, 0.15) is 11.8 Å². The minimum Gasteiger partial charge on any atom is -0.480 e. The Morgan fingerprint density at radius 1 is 1.05 bits per heavy atom. The molecule has 0 saturated heterocycles. The van der Waals surface area contributed by atoms with Crippen molar-refractivity contribution in [2.45, 2.75) is 92.0 Å². The summed E-state index contributed by atoms with van der Waals surface area (Å²) in [5, 5.41) is 18.3. The SMILES string of the molecule is CC(=O)[C@H]1CC[C@H]2[C@@H]3CCC4=C/C(=N\OCC(=O)NCC(=O)N[C@H](C(=O)O)C(C)C)CC[C@]4(C)[C@H]3CC[C@]12C. The Morgan fingerprint density at radius 3 is 2.46 bits per heavy atom. The second-order valence-corrected chi connectivity index (χ2v) is 13.0. The summed E-state index contributed by atoms with van der Waals surface area (Å²) in [6, 6.07) is -1.01. The number of carbonyl (C=O) groups is 4. The predicted octanol–water partition coefficient (Wildman–Crippen LogP) is 3.87. The van der Waals surface area contributed by atoms with Crippen molar-refractivity contribution in [2.24, 2.45) is 45.6 Å². The van der Waals surface area contributed by atoms with Crippen molar-refractivity contribution in [2.75, 3.05) is 13.2 Å². The Morgan fingerprint density at radius 2 is 1.79 bits per heavy atom. The Kier molecular flexibility index (Phi) is 8.57. The number of allylic oxidation sites excluding steroid dienone is 2. The van der Waals surface area contributed by atoms with Gasteiger partial charge in [0.15, 0.2) is 6.61 Å². The minimum atomic E-state index is -1.11. The van der Waals surface area contributed by atoms with Crippen molar-refractivity contribution >= 4 is 29.3 Å². The van der Waals surface area contributed by atoms with E-state index in [1.807, 2.05) is 0 Å². The van der Waals surface area contributed by atoms with Crippen LogP contribution in [0.25, 0.3) is 0 Å². The first kappa shape index (κ1) is 29.3. The van der Waals surface area contributed by atoms with Crippen molar-refractivity contribution in [1.29, 1.82) is 0 Å². The summed E-state index contributed by atoms with van der Waals surface area (Å²) in [5.74, 6) is 0.0981. The first-order chi connectivity index (χ1) is 18.4. The van der Waals surface area contributed by atoms with Crippen LogP contribution >= 0.6 is 0 Å². The van der Waals surface area contributed by atoms with Gasteiger partial charge in [-0.2, -0.15) is 0 Å². The van der Waals surface area contributed by atoms with Crippen LogP contribution in [0.1, 0.15) is 86.0 Å². The zero-order valence-corrected chi connectivity index (χ0v) is 24.0. The molecule has 39 heavy (non-hydrogen) atoms. The molecule has 0 unspecified atom stereocenters. The van der Waals surface area contributed by atoms with Gasteiger partial charge in [-0.25, -0.2) is 4.79 Å². The molecule has 4 aliphatic rings. The van der Waals surface area contributed by atoms with Gasteiger partial charge in [0.25, 0.3) is 5.91 Å². The Balaban J connectivity index is 1.30. The first-order valence-electron chi connectivity index (χ1n) is 14.6. The summed E-state index contributed by atoms with van der Waals surface area (Å²) in [7, 11) is 0. The van der Waals surface area contributed by atoms with Crippen molar-refractivity contribution < 1.29 is 29.1 Å². The summed E-state index contributed by atoms with van der Waals surface area (Å²) in [6.07, 6.45) is 10.7. The number of carbonyl (C=O) groups excluding carboxylic acids is 3. The van der Waals surface area contributed by atoms with E-state index in [0.717, 1.165) is 44.2 Å². The average Bonchev–Trinajstić information content (AvgIpc) is 3.23. The molecule has 2 amide bonds. The van der Waals surface area contributed by atoms with Crippen molar-refractivity contribution in [3.05, 3.63) is 11.6 Å². The number of fused-ring (bicyclic) bond motifs is 5. The fraction of sp³-hybridized carbons (Fsp3) is 0.767. The van der Waals surface area contributed by atoms with Crippen LogP contribution in [0.5, 0.6) is 0 Å². The molecule has 3 fully saturated rings. The summed E-state index contributed by atoms with van der Waals surface area (Å²) in [6.45, 7) is 9.33. The highest BCUT2D eigenvalue weighted by Gasteiger charge is 2.59. The van der Waals surface area contributed by atoms with Crippen molar-refractivity contribution in [3.63, 3.8) is 0 Å². The average molecular weight is 544 g/mol. The summed E-state index contributed by atoms with van der Waals surface area (Å²) in [5.41, 5.74) is 2.58. The maximum absolute atomic E-state index is 12.4. The Hall–Kier alpha value is -2.71. The number of carboxylic acid groups (broad SMARTS) is 1. The predicted molar refractivity (Wildman–Crippen MR) is 147 cm³/mol. The largest absolute Gasteiger partial charge is 0.480 e. The van der Waals surface area contributed by atoms with Gasteiger partial charge < -0.3 is 20.6 Å². The fourth-order valence-electron chi connectivity index (χ4n) is 8.45. The van der Waals surface area contributed by atoms with E-state index in [4.69, 9.17) is 4.84 Å². The molecule has 216 valence electrons. The van der Waals surface area contributed by atoms with Crippen LogP contribution in [0.4, 0.5) is 0 Å². The van der Waals surface area contributed by atoms with Gasteiger partial charge in [-0.15, -0.1) is 0 Å². The molecule has 9 nitrogen and oxygen atoms in total. The summed E-state index contributed by atoms with van der Waals surface area (Å²) >= 11 is 0. The molecule has 0 aromatic rings. The molecule has 0 aromatic heterocycles. The van der Waals surface area contributed by atoms with Gasteiger partial charge in [0.2, 0.25) is 5.91 Å². The number of nitrogens with one attached hydrogen (secondary N) is 2. The number of carboxylic acids is 1. The van der Waals surface area contributed by atoms with E-state index in [9.17, 15) is 24.3 Å². The molecule has 0 bridgehead atoms. The number of hydrogen-bond donors (Lipinski definition) is 3. The number of Topliss-reactive ketones (excluding diaryl/α,β-unsaturated/α-hetero) is 1. The maximum Gasteiger partial charge on any atom is 0.326 e. The van der Waals surface area contributed by atoms with Crippen LogP contribution in [0.2, 0.25) is 0 Å². The maximum atomic E-state index is 12.4. The molecule has 0 heterocycles. The molecule has 4 aliphatic carbocycles. The Bertz CT molecular complexity index is 1070. The summed E-state index contributed by atoms with van der Waals surface area (Å²) in [4.78, 5) is 53.0. The fourth-order valence-corrected chi connectivity index (χ4v) is 8.45. The number of oxime groups is 1. The molecule has 0 radical (unpaired) electrons. The minimum absolute atomic E-state index is 0.145. The van der Waals surface area contributed by atoms with Crippen LogP contribution < -0.4 is 10.6 Å². The Labute approximate surface area is 231 Å². The van der Waals surface area contributed by atoms with Gasteiger partial charge in [0.05, 0.1) is 12.3 Å². The molecule has 0 spiro atoms. The molecular weight excluding hydrogens is 498 g/mol. The second-order valence-electron chi connectivity index (χ2n) is 13.0. The van der Waals surface area contributed by atoms with E-state index >= 15 is 0 Å². The number of amides is 2. The van der Waals surface area contributed by atoms with E-state index in [-0.39, 0.29) is 35.8 Å². The van der Waals surface area contributed by atoms with Gasteiger partial charge in [-0.1, -0.05) is 38.4 Å². The van der Waals surface area contributed by atoms with Crippen molar-refractivity contribution in [1.82, 2.24) is 10.6 Å². The summed E-state index contributed by atoms with van der Waals surface area (Å²) < 4.78 is 0. The quantitative estimate of drug-likeness (QED) is 0.378. The highest BCUT2D eigenvalue weighted by Crippen LogP contribution is 2.66. The van der Waals surface area contributed by atoms with Gasteiger partial charge in [-0.05, 0) is 98.9 Å². The van der Waals surface area contributed by atoms with Crippen LogP contribution in [-0.2, 0) is 24.0 Å². The lowest BCUT2D eigenvalue weighted by Crippen LogP contribution is -2.51. The molecule has 9 heteroatoms.